The molecular formula is CHCl5S. The molecule has 0 radical (unpaired) electrons. The van der Waals surface area contributed by atoms with E-state index in [4.69, 9.17) is 46.4 Å². The quantitative estimate of drug-likeness (QED) is 0.469. The zero-order chi connectivity index (χ0) is 6.50. The Hall–Kier alpha value is 1.80. The van der Waals surface area contributed by atoms with Gasteiger partial charge in [-0.2, -0.15) is 0 Å². The van der Waals surface area contributed by atoms with Crippen LogP contribution in [0.4, 0.5) is 0 Å². The first-order valence-corrected chi connectivity index (χ1v) is 3.79. The van der Waals surface area contributed by atoms with Crippen molar-refractivity contribution in [3.63, 3.8) is 0 Å². The van der Waals surface area contributed by atoms with Crippen LogP contribution in [0.5, 0.6) is 0 Å². The van der Waals surface area contributed by atoms with E-state index in [1.165, 1.54) is 0 Å². The second-order valence-corrected chi connectivity index (χ2v) is 3.86. The summed E-state index contributed by atoms with van der Waals surface area (Å²) in [7, 11) is 4.33. The zero-order valence-corrected chi connectivity index (χ0v) is 7.51. The van der Waals surface area contributed by atoms with Crippen molar-refractivity contribution in [1.29, 1.82) is 0 Å². The van der Waals surface area contributed by atoms with Gasteiger partial charge in [-0.05, 0) is 10.7 Å². The molecule has 0 aliphatic heterocycles. The molecule has 0 atom stereocenters. The van der Waals surface area contributed by atoms with Gasteiger partial charge in [0.25, 0.3) is 3.25 Å². The predicted octanol–water partition coefficient (Wildman–Crippen LogP) is 3.62. The van der Waals surface area contributed by atoms with E-state index in [0.29, 0.717) is 0 Å². The summed E-state index contributed by atoms with van der Waals surface area (Å²) in [4.78, 5) is 0. The number of halogens is 5. The lowest BCUT2D eigenvalue weighted by atomic mass is 11.8. The van der Waals surface area contributed by atoms with Crippen molar-refractivity contribution in [2.24, 2.45) is 0 Å². The van der Waals surface area contributed by atoms with Gasteiger partial charge in [-0.15, -0.1) is 0 Å². The fraction of sp³-hybridized carbons (Fsp3) is 1.00. The van der Waals surface area contributed by atoms with Crippen molar-refractivity contribution >= 4 is 68.9 Å². The maximum absolute atomic E-state index is 4.83. The van der Waals surface area contributed by atoms with Gasteiger partial charge in [-0.3, -0.25) is 0 Å². The van der Waals surface area contributed by atoms with Crippen LogP contribution in [0.1, 0.15) is 0 Å². The standard InChI is InChI=1S/CCl4.ClHS/c2-1(3,4)5;1-2/h;2H. The van der Waals surface area contributed by atoms with Crippen LogP contribution >= 0.6 is 68.9 Å². The fourth-order valence-corrected chi connectivity index (χ4v) is 0. The summed E-state index contributed by atoms with van der Waals surface area (Å²) in [5.74, 6) is 0. The van der Waals surface area contributed by atoms with Gasteiger partial charge in [0.1, 0.15) is 0 Å². The second-order valence-electron chi connectivity index (χ2n) is 0.429. The highest BCUT2D eigenvalue weighted by Gasteiger charge is 2.11. The van der Waals surface area contributed by atoms with Crippen molar-refractivity contribution in [2.75, 3.05) is 0 Å². The molecule has 0 rings (SSSR count). The van der Waals surface area contributed by atoms with Gasteiger partial charge in [0.15, 0.2) is 0 Å². The van der Waals surface area contributed by atoms with Crippen LogP contribution in [0.15, 0.2) is 0 Å². The molecule has 0 saturated carbocycles. The van der Waals surface area contributed by atoms with Crippen molar-refractivity contribution in [2.45, 2.75) is 3.25 Å². The van der Waals surface area contributed by atoms with Crippen LogP contribution in [0.2, 0.25) is 0 Å². The largest absolute Gasteiger partial charge is 0.266 e. The van der Waals surface area contributed by atoms with E-state index in [0.717, 1.165) is 0 Å². The van der Waals surface area contributed by atoms with E-state index in [1.54, 1.807) is 0 Å². The topological polar surface area (TPSA) is 0 Å². The first-order chi connectivity index (χ1) is 3.00. The predicted molar refractivity (Wildman–Crippen MR) is 41.0 cm³/mol. The molecule has 6 heteroatoms. The smallest absolute Gasteiger partial charge is 0.0728 e. The Labute approximate surface area is 71.9 Å². The maximum Gasteiger partial charge on any atom is 0.266 e. The van der Waals surface area contributed by atoms with E-state index in [-0.39, 0.29) is 0 Å². The number of hydrogen-bond acceptors (Lipinski definition) is 1. The minimum absolute atomic E-state index is 1.61. The molecule has 0 bridgehead atoms. The summed E-state index contributed by atoms with van der Waals surface area (Å²) in [6.45, 7) is 0. The summed E-state index contributed by atoms with van der Waals surface area (Å²) in [6.07, 6.45) is 0. The monoisotopic (exact) mass is 220 g/mol. The Balaban J connectivity index is 0. The average molecular weight is 222 g/mol. The van der Waals surface area contributed by atoms with Gasteiger partial charge in [0, 0.05) is 0 Å². The molecule has 0 aliphatic carbocycles. The highest BCUT2D eigenvalue weighted by Crippen LogP contribution is 2.29. The number of alkyl halides is 4. The molecule has 0 spiro atoms. The molecule has 0 saturated heterocycles. The lowest BCUT2D eigenvalue weighted by molar-refractivity contribution is 1.76. The third-order valence-electron chi connectivity index (χ3n) is 0. The molecule has 0 fully saturated rings. The number of thiol groups is 1. The first-order valence-electron chi connectivity index (χ1n) is 0.925. The van der Waals surface area contributed by atoms with E-state index in [9.17, 15) is 0 Å². The molecule has 0 aromatic carbocycles. The molecule has 0 nitrogen and oxygen atoms in total. The molecule has 46 valence electrons. The van der Waals surface area contributed by atoms with E-state index < -0.39 is 3.25 Å². The van der Waals surface area contributed by atoms with Crippen LogP contribution in [-0.4, -0.2) is 3.25 Å². The lowest BCUT2D eigenvalue weighted by Gasteiger charge is -1.91. The summed E-state index contributed by atoms with van der Waals surface area (Å²) in [6, 6.07) is 0. The minimum atomic E-state index is -1.61. The van der Waals surface area contributed by atoms with Crippen molar-refractivity contribution < 1.29 is 0 Å². The van der Waals surface area contributed by atoms with Crippen LogP contribution in [0, 0.1) is 0 Å². The molecule has 0 aromatic rings. The van der Waals surface area contributed by atoms with Gasteiger partial charge in [-0.25, -0.2) is 0 Å². The van der Waals surface area contributed by atoms with Crippen LogP contribution in [0.3, 0.4) is 0 Å². The van der Waals surface area contributed by atoms with Crippen molar-refractivity contribution in [1.82, 2.24) is 0 Å². The number of hydrogen-bond donors (Lipinski definition) is 1. The summed E-state index contributed by atoms with van der Waals surface area (Å²) >= 11 is 22.3. The van der Waals surface area contributed by atoms with Crippen LogP contribution in [0.25, 0.3) is 0 Å². The van der Waals surface area contributed by atoms with Crippen LogP contribution in [-0.2, 0) is 0 Å². The van der Waals surface area contributed by atoms with Gasteiger partial charge in [-0.1, -0.05) is 58.2 Å². The minimum Gasteiger partial charge on any atom is -0.0728 e. The Morgan fingerprint density at radius 3 is 0.857 bits per heavy atom. The summed E-state index contributed by atoms with van der Waals surface area (Å²) < 4.78 is -1.61. The second kappa shape index (κ2) is 5.93. The molecule has 0 unspecified atom stereocenters. The third-order valence-corrected chi connectivity index (χ3v) is 0. The van der Waals surface area contributed by atoms with Gasteiger partial charge >= 0.3 is 0 Å². The highest BCUT2D eigenvalue weighted by molar-refractivity contribution is 8.05. The first kappa shape index (κ1) is 11.6. The highest BCUT2D eigenvalue weighted by atomic mass is 35.7. The lowest BCUT2D eigenvalue weighted by Crippen LogP contribution is -1.81. The molecule has 0 N–H and O–H groups in total. The molecule has 0 amide bonds. The van der Waals surface area contributed by atoms with Gasteiger partial charge < -0.3 is 0 Å². The SMILES string of the molecule is ClC(Cl)(Cl)Cl.SCl. The van der Waals surface area contributed by atoms with Gasteiger partial charge in [0.2, 0.25) is 0 Å². The average Bonchev–Trinajstić information content (AvgIpc) is 1.36. The third kappa shape index (κ3) is 81.0. The summed E-state index contributed by atoms with van der Waals surface area (Å²) in [5.41, 5.74) is 0. The summed E-state index contributed by atoms with van der Waals surface area (Å²) in [5, 5.41) is 0. The van der Waals surface area contributed by atoms with Crippen LogP contribution < -0.4 is 0 Å². The van der Waals surface area contributed by atoms with E-state index in [2.05, 4.69) is 22.5 Å². The Morgan fingerprint density at radius 2 is 0.857 bits per heavy atom. The molecule has 0 heterocycles. The molecular weight excluding hydrogens is 221 g/mol. The Kier molecular flexibility index (Phi) is 9.81. The zero-order valence-electron chi connectivity index (χ0n) is 2.84. The van der Waals surface area contributed by atoms with E-state index >= 15 is 0 Å². The maximum atomic E-state index is 4.83. The molecule has 0 aromatic heterocycles. The van der Waals surface area contributed by atoms with Crippen molar-refractivity contribution in [3.05, 3.63) is 0 Å². The number of rotatable bonds is 0. The van der Waals surface area contributed by atoms with Crippen molar-refractivity contribution in [3.8, 4) is 0 Å². The molecule has 0 aliphatic rings. The molecule has 7 heavy (non-hydrogen) atoms. The Morgan fingerprint density at radius 1 is 0.857 bits per heavy atom. The normalized spacial score (nSPS) is 9.43. The Bertz CT molecular complexity index is 23.6. The van der Waals surface area contributed by atoms with E-state index in [1.807, 2.05) is 0 Å². The van der Waals surface area contributed by atoms with Gasteiger partial charge in [0.05, 0.1) is 0 Å². The fourth-order valence-electron chi connectivity index (χ4n) is 0.